The maximum absolute atomic E-state index is 12.9. The average Bonchev–Trinajstić information content (AvgIpc) is 2.92. The molecular weight excluding hydrogens is 598 g/mol. The Morgan fingerprint density at radius 2 is 1.77 bits per heavy atom. The molecule has 0 bridgehead atoms. The van der Waals surface area contributed by atoms with Crippen molar-refractivity contribution in [1.82, 2.24) is 10.7 Å². The highest BCUT2D eigenvalue weighted by atomic mass is 79.9. The van der Waals surface area contributed by atoms with E-state index in [2.05, 4.69) is 31.8 Å². The molecule has 3 rings (SSSR count). The summed E-state index contributed by atoms with van der Waals surface area (Å²) in [7, 11) is 1.54. The maximum atomic E-state index is 12.9. The minimum atomic E-state index is -0.768. The second kappa shape index (κ2) is 15.3. The van der Waals surface area contributed by atoms with Crippen molar-refractivity contribution in [3.8, 4) is 17.2 Å². The van der Waals surface area contributed by atoms with Crippen molar-refractivity contribution in [2.24, 2.45) is 11.0 Å². The largest absolute Gasteiger partial charge is 0.493 e. The number of hydrazone groups is 1. The standard InChI is InChI=1S/C30H33BrClN3O5/c1-19(2)13-25(34-28(36)18-39-26-8-6-5-7-20(26)3)30(37)35-33-16-22-14-24(31)29(27(15-22)38-4)40-17-21-9-11-23(32)12-10-21/h5-12,14-16,19,25H,13,17-18H2,1-4H3,(H,34,36)(H,35,37)/b33-16-/t25-/m0/s1. The Bertz CT molecular complexity index is 1330. The Morgan fingerprint density at radius 1 is 1.05 bits per heavy atom. The summed E-state index contributed by atoms with van der Waals surface area (Å²) in [4.78, 5) is 25.4. The molecule has 3 aromatic carbocycles. The summed E-state index contributed by atoms with van der Waals surface area (Å²) in [5.74, 6) is 0.994. The Hall–Kier alpha value is -3.56. The second-order valence-electron chi connectivity index (χ2n) is 9.49. The molecule has 2 N–H and O–H groups in total. The molecule has 0 radical (unpaired) electrons. The summed E-state index contributed by atoms with van der Waals surface area (Å²) in [6.07, 6.45) is 1.93. The van der Waals surface area contributed by atoms with E-state index in [1.165, 1.54) is 6.21 Å². The van der Waals surface area contributed by atoms with Crippen molar-refractivity contribution in [2.75, 3.05) is 13.7 Å². The molecule has 0 saturated carbocycles. The molecule has 0 aliphatic heterocycles. The Labute approximate surface area is 248 Å². The maximum Gasteiger partial charge on any atom is 0.262 e. The van der Waals surface area contributed by atoms with Crippen LogP contribution in [-0.4, -0.2) is 37.8 Å². The molecule has 0 spiro atoms. The molecule has 0 aliphatic carbocycles. The highest BCUT2D eigenvalue weighted by molar-refractivity contribution is 9.10. The molecule has 40 heavy (non-hydrogen) atoms. The third-order valence-corrected chi connectivity index (χ3v) is 6.59. The van der Waals surface area contributed by atoms with Crippen LogP contribution in [0.1, 0.15) is 37.0 Å². The number of hydrogen-bond donors (Lipinski definition) is 2. The highest BCUT2D eigenvalue weighted by Gasteiger charge is 2.22. The number of nitrogens with zero attached hydrogens (tertiary/aromatic N) is 1. The minimum Gasteiger partial charge on any atom is -0.493 e. The first-order chi connectivity index (χ1) is 19.2. The van der Waals surface area contributed by atoms with Gasteiger partial charge in [0, 0.05) is 5.02 Å². The van der Waals surface area contributed by atoms with Crippen molar-refractivity contribution in [3.05, 3.63) is 86.8 Å². The van der Waals surface area contributed by atoms with E-state index >= 15 is 0 Å². The summed E-state index contributed by atoms with van der Waals surface area (Å²) in [5.41, 5.74) is 5.07. The second-order valence-corrected chi connectivity index (χ2v) is 10.8. The third kappa shape index (κ3) is 9.57. The van der Waals surface area contributed by atoms with Crippen LogP contribution in [0.15, 0.2) is 70.2 Å². The SMILES string of the molecule is COc1cc(/C=N\NC(=O)[C@H](CC(C)C)NC(=O)COc2ccccc2C)cc(Br)c1OCc1ccc(Cl)cc1. The normalized spacial score (nSPS) is 11.8. The number of aryl methyl sites for hydroxylation is 1. The number of ether oxygens (including phenoxy) is 3. The van der Waals surface area contributed by atoms with Gasteiger partial charge in [-0.15, -0.1) is 0 Å². The van der Waals surface area contributed by atoms with Crippen LogP contribution < -0.4 is 25.0 Å². The van der Waals surface area contributed by atoms with E-state index in [1.54, 1.807) is 37.4 Å². The van der Waals surface area contributed by atoms with Gasteiger partial charge in [0.2, 0.25) is 0 Å². The van der Waals surface area contributed by atoms with E-state index < -0.39 is 17.9 Å². The van der Waals surface area contributed by atoms with Crippen molar-refractivity contribution in [3.63, 3.8) is 0 Å². The van der Waals surface area contributed by atoms with Gasteiger partial charge < -0.3 is 19.5 Å². The molecule has 0 unspecified atom stereocenters. The predicted molar refractivity (Wildman–Crippen MR) is 160 cm³/mol. The lowest BCUT2D eigenvalue weighted by Crippen LogP contribution is -2.47. The lowest BCUT2D eigenvalue weighted by Gasteiger charge is -2.19. The minimum absolute atomic E-state index is 0.165. The summed E-state index contributed by atoms with van der Waals surface area (Å²) in [6.45, 7) is 5.97. The Balaban J connectivity index is 1.60. The van der Waals surface area contributed by atoms with E-state index in [-0.39, 0.29) is 12.5 Å². The molecule has 2 amide bonds. The lowest BCUT2D eigenvalue weighted by molar-refractivity contribution is -0.130. The molecule has 8 nitrogen and oxygen atoms in total. The highest BCUT2D eigenvalue weighted by Crippen LogP contribution is 2.37. The van der Waals surface area contributed by atoms with E-state index in [1.807, 2.05) is 51.1 Å². The van der Waals surface area contributed by atoms with Gasteiger partial charge in [-0.25, -0.2) is 5.43 Å². The fourth-order valence-corrected chi connectivity index (χ4v) is 4.44. The van der Waals surface area contributed by atoms with Crippen molar-refractivity contribution < 1.29 is 23.8 Å². The van der Waals surface area contributed by atoms with E-state index in [9.17, 15) is 9.59 Å². The summed E-state index contributed by atoms with van der Waals surface area (Å²) in [5, 5.41) is 7.50. The number of carbonyl (C=O) groups is 2. The molecule has 1 atom stereocenters. The number of amides is 2. The number of rotatable bonds is 13. The van der Waals surface area contributed by atoms with Crippen LogP contribution in [0.3, 0.4) is 0 Å². The third-order valence-electron chi connectivity index (χ3n) is 5.75. The number of halogens is 2. The molecule has 3 aromatic rings. The zero-order chi connectivity index (χ0) is 29.1. The van der Waals surface area contributed by atoms with Gasteiger partial charge in [0.25, 0.3) is 11.8 Å². The van der Waals surface area contributed by atoms with Crippen LogP contribution >= 0.6 is 27.5 Å². The molecule has 0 fully saturated rings. The number of carbonyl (C=O) groups excluding carboxylic acids is 2. The summed E-state index contributed by atoms with van der Waals surface area (Å²) >= 11 is 9.47. The van der Waals surface area contributed by atoms with Crippen LogP contribution in [0.4, 0.5) is 0 Å². The first-order valence-electron chi connectivity index (χ1n) is 12.7. The summed E-state index contributed by atoms with van der Waals surface area (Å²) in [6, 6.07) is 17.6. The zero-order valence-electron chi connectivity index (χ0n) is 22.9. The smallest absolute Gasteiger partial charge is 0.262 e. The van der Waals surface area contributed by atoms with Gasteiger partial charge >= 0.3 is 0 Å². The van der Waals surface area contributed by atoms with Crippen LogP contribution in [-0.2, 0) is 16.2 Å². The fraction of sp³-hybridized carbons (Fsp3) is 0.300. The first kappa shape index (κ1) is 31.0. The summed E-state index contributed by atoms with van der Waals surface area (Å²) < 4.78 is 17.7. The van der Waals surface area contributed by atoms with Crippen molar-refractivity contribution >= 4 is 45.6 Å². The Kier molecular flexibility index (Phi) is 11.8. The quantitative estimate of drug-likeness (QED) is 0.177. The molecule has 212 valence electrons. The fourth-order valence-electron chi connectivity index (χ4n) is 3.74. The monoisotopic (exact) mass is 629 g/mol. The number of benzene rings is 3. The van der Waals surface area contributed by atoms with E-state index in [0.717, 1.165) is 11.1 Å². The van der Waals surface area contributed by atoms with Gasteiger partial charge in [-0.1, -0.05) is 55.8 Å². The van der Waals surface area contributed by atoms with Gasteiger partial charge in [-0.2, -0.15) is 5.10 Å². The first-order valence-corrected chi connectivity index (χ1v) is 13.9. The molecule has 0 aromatic heterocycles. The zero-order valence-corrected chi connectivity index (χ0v) is 25.2. The number of para-hydroxylation sites is 1. The molecule has 0 heterocycles. The Morgan fingerprint density at radius 3 is 2.45 bits per heavy atom. The number of hydrogen-bond acceptors (Lipinski definition) is 6. The number of nitrogens with one attached hydrogen (secondary N) is 2. The van der Waals surface area contributed by atoms with E-state index in [0.29, 0.717) is 45.3 Å². The van der Waals surface area contributed by atoms with Gasteiger partial charge in [0.15, 0.2) is 18.1 Å². The van der Waals surface area contributed by atoms with Crippen LogP contribution in [0, 0.1) is 12.8 Å². The predicted octanol–water partition coefficient (Wildman–Crippen LogP) is 6.06. The van der Waals surface area contributed by atoms with E-state index in [4.69, 9.17) is 25.8 Å². The molecule has 0 saturated heterocycles. The van der Waals surface area contributed by atoms with Gasteiger partial charge in [0.1, 0.15) is 18.4 Å². The molecule has 0 aliphatic rings. The van der Waals surface area contributed by atoms with Gasteiger partial charge in [-0.3, -0.25) is 9.59 Å². The van der Waals surface area contributed by atoms with Crippen LogP contribution in [0.2, 0.25) is 5.02 Å². The van der Waals surface area contributed by atoms with Crippen molar-refractivity contribution in [2.45, 2.75) is 39.8 Å². The van der Waals surface area contributed by atoms with Crippen LogP contribution in [0.5, 0.6) is 17.2 Å². The molecule has 10 heteroatoms. The van der Waals surface area contributed by atoms with Crippen molar-refractivity contribution in [1.29, 1.82) is 0 Å². The van der Waals surface area contributed by atoms with Gasteiger partial charge in [0.05, 0.1) is 17.8 Å². The number of methoxy groups -OCH3 is 1. The molecular formula is C30H33BrClN3O5. The lowest BCUT2D eigenvalue weighted by atomic mass is 10.0. The van der Waals surface area contributed by atoms with Crippen LogP contribution in [0.25, 0.3) is 0 Å². The average molecular weight is 631 g/mol. The topological polar surface area (TPSA) is 98.2 Å². The van der Waals surface area contributed by atoms with Gasteiger partial charge in [-0.05, 0) is 82.2 Å².